The van der Waals surface area contributed by atoms with Gasteiger partial charge in [0.2, 0.25) is 0 Å². The molecule has 28 heavy (non-hydrogen) atoms. The number of fused-ring (bicyclic) bond motifs is 1. The number of anilines is 1. The van der Waals surface area contributed by atoms with Gasteiger partial charge in [0.1, 0.15) is 0 Å². The van der Waals surface area contributed by atoms with Crippen LogP contribution in [-0.2, 0) is 6.54 Å². The largest absolute Gasteiger partial charge is 0.320 e. The monoisotopic (exact) mass is 390 g/mol. The number of nitrogens with zero attached hydrogens (tertiary/aromatic N) is 3. The average Bonchev–Trinajstić information content (AvgIpc) is 2.72. The summed E-state index contributed by atoms with van der Waals surface area (Å²) in [6.45, 7) is 0.166. The Morgan fingerprint density at radius 3 is 2.39 bits per heavy atom. The van der Waals surface area contributed by atoms with E-state index in [-0.39, 0.29) is 17.8 Å². The molecule has 2 aromatic carbocycles. The Bertz CT molecular complexity index is 1220. The van der Waals surface area contributed by atoms with Gasteiger partial charge >= 0.3 is 0 Å². The van der Waals surface area contributed by atoms with Crippen LogP contribution >= 0.6 is 11.6 Å². The Labute approximate surface area is 165 Å². The average molecular weight is 391 g/mol. The molecule has 1 amide bonds. The minimum absolute atomic E-state index is 0.166. The summed E-state index contributed by atoms with van der Waals surface area (Å²) in [5.41, 5.74) is 1.22. The van der Waals surface area contributed by atoms with E-state index >= 15 is 0 Å². The third-order valence-electron chi connectivity index (χ3n) is 4.30. The molecular weight excluding hydrogens is 376 g/mol. The molecule has 0 saturated carbocycles. The van der Waals surface area contributed by atoms with Crippen LogP contribution in [0.1, 0.15) is 16.1 Å². The number of aromatic nitrogens is 3. The van der Waals surface area contributed by atoms with Gasteiger partial charge < -0.3 is 5.32 Å². The molecule has 7 heteroatoms. The van der Waals surface area contributed by atoms with E-state index in [2.05, 4.69) is 15.4 Å². The van der Waals surface area contributed by atoms with E-state index in [4.69, 9.17) is 11.6 Å². The van der Waals surface area contributed by atoms with Gasteiger partial charge in [0.25, 0.3) is 11.5 Å². The Morgan fingerprint density at radius 2 is 1.64 bits per heavy atom. The lowest BCUT2D eigenvalue weighted by Crippen LogP contribution is -2.28. The van der Waals surface area contributed by atoms with E-state index in [9.17, 15) is 9.59 Å². The Morgan fingerprint density at radius 1 is 0.964 bits per heavy atom. The Balaban J connectivity index is 1.81. The number of carbonyl (C=O) groups is 1. The lowest BCUT2D eigenvalue weighted by molar-refractivity contribution is 0.102. The van der Waals surface area contributed by atoms with Gasteiger partial charge in [-0.25, -0.2) is 4.68 Å². The second-order valence-electron chi connectivity index (χ2n) is 6.14. The fourth-order valence-corrected chi connectivity index (χ4v) is 3.12. The van der Waals surface area contributed by atoms with Crippen molar-refractivity contribution < 1.29 is 4.79 Å². The van der Waals surface area contributed by atoms with Gasteiger partial charge in [-0.2, -0.15) is 5.10 Å². The minimum Gasteiger partial charge on any atom is -0.320 e. The van der Waals surface area contributed by atoms with Crippen LogP contribution in [0, 0.1) is 0 Å². The lowest BCUT2D eigenvalue weighted by Gasteiger charge is -2.12. The van der Waals surface area contributed by atoms with E-state index in [1.54, 1.807) is 54.9 Å². The number of benzene rings is 2. The maximum absolute atomic E-state index is 12.9. The Kier molecular flexibility index (Phi) is 4.87. The predicted octanol–water partition coefficient (Wildman–Crippen LogP) is 3.75. The number of hydrogen-bond donors (Lipinski definition) is 1. The summed E-state index contributed by atoms with van der Waals surface area (Å²) in [7, 11) is 0. The van der Waals surface area contributed by atoms with Gasteiger partial charge in [-0.05, 0) is 29.8 Å². The maximum atomic E-state index is 12.9. The van der Waals surface area contributed by atoms with Crippen LogP contribution in [0.3, 0.4) is 0 Å². The minimum atomic E-state index is -0.407. The molecule has 6 nitrogen and oxygen atoms in total. The highest BCUT2D eigenvalue weighted by molar-refractivity contribution is 6.31. The van der Waals surface area contributed by atoms with Crippen LogP contribution < -0.4 is 10.9 Å². The summed E-state index contributed by atoms with van der Waals surface area (Å²) in [4.78, 5) is 29.7. The van der Waals surface area contributed by atoms with Crippen molar-refractivity contribution in [2.24, 2.45) is 0 Å². The fraction of sp³-hybridized carbons (Fsp3) is 0.0476. The van der Waals surface area contributed by atoms with Crippen molar-refractivity contribution in [3.63, 3.8) is 0 Å². The molecule has 0 aliphatic rings. The number of amides is 1. The number of nitrogens with one attached hydrogen (secondary N) is 1. The molecule has 0 radical (unpaired) electrons. The van der Waals surface area contributed by atoms with E-state index in [0.29, 0.717) is 21.5 Å². The van der Waals surface area contributed by atoms with Gasteiger partial charge in [0, 0.05) is 28.5 Å². The molecule has 0 saturated heterocycles. The van der Waals surface area contributed by atoms with E-state index in [0.717, 1.165) is 5.56 Å². The number of rotatable bonds is 4. The van der Waals surface area contributed by atoms with Gasteiger partial charge in [-0.1, -0.05) is 48.0 Å². The molecule has 0 spiro atoms. The SMILES string of the molecule is O=C(Nc1ccncc1)c1nn(Cc2ccccc2Cl)c(=O)c2ccccc12. The molecule has 2 heterocycles. The van der Waals surface area contributed by atoms with Crippen LogP contribution in [0.15, 0.2) is 77.9 Å². The van der Waals surface area contributed by atoms with Crippen molar-refractivity contribution >= 4 is 34.0 Å². The molecular formula is C21H15ClN4O2. The molecule has 138 valence electrons. The molecule has 4 aromatic rings. The first-order valence-electron chi connectivity index (χ1n) is 8.58. The van der Waals surface area contributed by atoms with Crippen molar-refractivity contribution in [3.8, 4) is 0 Å². The van der Waals surface area contributed by atoms with Crippen LogP contribution in [0.4, 0.5) is 5.69 Å². The summed E-state index contributed by atoms with van der Waals surface area (Å²) >= 11 is 6.23. The molecule has 0 unspecified atom stereocenters. The predicted molar refractivity (Wildman–Crippen MR) is 109 cm³/mol. The first-order valence-corrected chi connectivity index (χ1v) is 8.96. The summed E-state index contributed by atoms with van der Waals surface area (Å²) in [6.07, 6.45) is 3.17. The second-order valence-corrected chi connectivity index (χ2v) is 6.55. The lowest BCUT2D eigenvalue weighted by atomic mass is 10.1. The highest BCUT2D eigenvalue weighted by Gasteiger charge is 2.17. The summed E-state index contributed by atoms with van der Waals surface area (Å²) in [5, 5.41) is 8.59. The molecule has 2 aromatic heterocycles. The standard InChI is InChI=1S/C21H15ClN4O2/c22-18-8-4-1-5-14(18)13-26-21(28)17-7-3-2-6-16(17)19(25-26)20(27)24-15-9-11-23-12-10-15/h1-12H,13H2,(H,23,24,27). The molecule has 4 rings (SSSR count). The van der Waals surface area contributed by atoms with Crippen molar-refractivity contribution in [1.82, 2.24) is 14.8 Å². The van der Waals surface area contributed by atoms with Gasteiger partial charge in [-0.3, -0.25) is 14.6 Å². The molecule has 0 aliphatic carbocycles. The van der Waals surface area contributed by atoms with Crippen molar-refractivity contribution in [2.45, 2.75) is 6.54 Å². The Hall–Kier alpha value is -3.51. The van der Waals surface area contributed by atoms with Crippen molar-refractivity contribution in [3.05, 3.63) is 99.7 Å². The first-order chi connectivity index (χ1) is 13.6. The topological polar surface area (TPSA) is 76.9 Å². The summed E-state index contributed by atoms with van der Waals surface area (Å²) < 4.78 is 1.27. The van der Waals surface area contributed by atoms with Crippen LogP contribution in [0.2, 0.25) is 5.02 Å². The zero-order valence-corrected chi connectivity index (χ0v) is 15.4. The van der Waals surface area contributed by atoms with Gasteiger partial charge in [0.15, 0.2) is 5.69 Å². The maximum Gasteiger partial charge on any atom is 0.276 e. The smallest absolute Gasteiger partial charge is 0.276 e. The van der Waals surface area contributed by atoms with E-state index < -0.39 is 5.91 Å². The molecule has 0 bridgehead atoms. The normalized spacial score (nSPS) is 10.8. The molecule has 0 fully saturated rings. The van der Waals surface area contributed by atoms with Crippen LogP contribution in [-0.4, -0.2) is 20.7 Å². The molecule has 1 N–H and O–H groups in total. The van der Waals surface area contributed by atoms with Crippen LogP contribution in [0.5, 0.6) is 0 Å². The first kappa shape index (κ1) is 17.9. The third-order valence-corrected chi connectivity index (χ3v) is 4.67. The zero-order valence-electron chi connectivity index (χ0n) is 14.7. The fourth-order valence-electron chi connectivity index (χ4n) is 2.92. The number of halogens is 1. The van der Waals surface area contributed by atoms with Crippen molar-refractivity contribution in [1.29, 1.82) is 0 Å². The number of carbonyl (C=O) groups excluding carboxylic acids is 1. The zero-order chi connectivity index (χ0) is 19.5. The van der Waals surface area contributed by atoms with Gasteiger partial charge in [-0.15, -0.1) is 0 Å². The highest BCUT2D eigenvalue weighted by atomic mass is 35.5. The summed E-state index contributed by atoms with van der Waals surface area (Å²) in [6, 6.07) is 17.5. The summed E-state index contributed by atoms with van der Waals surface area (Å²) in [5.74, 6) is -0.407. The van der Waals surface area contributed by atoms with Crippen LogP contribution in [0.25, 0.3) is 10.8 Å². The van der Waals surface area contributed by atoms with Crippen molar-refractivity contribution in [2.75, 3.05) is 5.32 Å². The number of pyridine rings is 1. The van der Waals surface area contributed by atoms with Gasteiger partial charge in [0.05, 0.1) is 11.9 Å². The van der Waals surface area contributed by atoms with E-state index in [1.807, 2.05) is 18.2 Å². The third kappa shape index (κ3) is 3.50. The molecule has 0 aliphatic heterocycles. The van der Waals surface area contributed by atoms with E-state index in [1.165, 1.54) is 4.68 Å². The molecule has 0 atom stereocenters. The second kappa shape index (κ2) is 7.62. The highest BCUT2D eigenvalue weighted by Crippen LogP contribution is 2.18. The number of hydrogen-bond acceptors (Lipinski definition) is 4. The quantitative estimate of drug-likeness (QED) is 0.575.